The highest BCUT2D eigenvalue weighted by Crippen LogP contribution is 2.26. The molecule has 0 spiro atoms. The quantitative estimate of drug-likeness (QED) is 0.647. The lowest BCUT2D eigenvalue weighted by Crippen LogP contribution is -2.10. The van der Waals surface area contributed by atoms with Gasteiger partial charge in [0.25, 0.3) is 0 Å². The Morgan fingerprint density at radius 3 is 2.65 bits per heavy atom. The average Bonchev–Trinajstić information content (AvgIpc) is 2.28. The van der Waals surface area contributed by atoms with Crippen LogP contribution in [0.3, 0.4) is 0 Å². The molecule has 0 atom stereocenters. The topological polar surface area (TPSA) is 76.7 Å². The van der Waals surface area contributed by atoms with E-state index < -0.39 is 0 Å². The molecule has 0 aliphatic carbocycles. The first kappa shape index (κ1) is 12.0. The Bertz CT molecular complexity index is 558. The maximum atomic E-state index is 6.03. The molecule has 7 heteroatoms. The third-order valence-electron chi connectivity index (χ3n) is 2.02. The molecule has 0 saturated heterocycles. The van der Waals surface area contributed by atoms with Crippen molar-refractivity contribution in [3.8, 4) is 11.5 Å². The van der Waals surface area contributed by atoms with Crippen molar-refractivity contribution in [2.75, 3.05) is 5.43 Å². The van der Waals surface area contributed by atoms with E-state index >= 15 is 0 Å². The van der Waals surface area contributed by atoms with E-state index in [4.69, 9.17) is 29.0 Å². The summed E-state index contributed by atoms with van der Waals surface area (Å²) in [4.78, 5) is 12.5. The second-order valence-electron chi connectivity index (χ2n) is 3.35. The van der Waals surface area contributed by atoms with Gasteiger partial charge in [0.05, 0.1) is 10.0 Å². The smallest absolute Gasteiger partial charge is 0.182 e. The molecule has 2 rings (SSSR count). The summed E-state index contributed by atoms with van der Waals surface area (Å²) in [5.41, 5.74) is 3.69. The number of halogens is 2. The van der Waals surface area contributed by atoms with E-state index in [1.807, 2.05) is 6.92 Å². The van der Waals surface area contributed by atoms with Crippen LogP contribution >= 0.6 is 23.2 Å². The molecule has 17 heavy (non-hydrogen) atoms. The average molecular weight is 270 g/mol. The molecule has 2 aromatic rings. The van der Waals surface area contributed by atoms with Gasteiger partial charge in [-0.1, -0.05) is 23.2 Å². The van der Waals surface area contributed by atoms with Crippen LogP contribution in [0, 0.1) is 6.92 Å². The molecule has 3 N–H and O–H groups in total. The zero-order chi connectivity index (χ0) is 12.4. The van der Waals surface area contributed by atoms with Gasteiger partial charge in [-0.3, -0.25) is 0 Å². The zero-order valence-corrected chi connectivity index (χ0v) is 10.4. The maximum Gasteiger partial charge on any atom is 0.182 e. The van der Waals surface area contributed by atoms with Crippen LogP contribution in [0.25, 0.3) is 11.5 Å². The minimum atomic E-state index is 0.395. The number of aromatic nitrogens is 3. The second kappa shape index (κ2) is 4.83. The lowest BCUT2D eigenvalue weighted by molar-refractivity contribution is 1.08. The Hall–Kier alpha value is -1.43. The van der Waals surface area contributed by atoms with Crippen molar-refractivity contribution < 1.29 is 0 Å². The van der Waals surface area contributed by atoms with Crippen LogP contribution in [-0.4, -0.2) is 15.0 Å². The fraction of sp³-hybridized carbons (Fsp3) is 0.100. The number of nitrogens with zero attached hydrogens (tertiary/aromatic N) is 3. The molecule has 0 aliphatic rings. The van der Waals surface area contributed by atoms with Crippen LogP contribution < -0.4 is 11.3 Å². The van der Waals surface area contributed by atoms with Gasteiger partial charge in [0.1, 0.15) is 11.5 Å². The van der Waals surface area contributed by atoms with Crippen molar-refractivity contribution in [3.63, 3.8) is 0 Å². The highest BCUT2D eigenvalue weighted by molar-refractivity contribution is 6.35. The minimum Gasteiger partial charge on any atom is -0.308 e. The molecule has 0 aromatic carbocycles. The summed E-state index contributed by atoms with van der Waals surface area (Å²) >= 11 is 11.8. The van der Waals surface area contributed by atoms with E-state index in [0.29, 0.717) is 27.4 Å². The third-order valence-corrected chi connectivity index (χ3v) is 2.52. The van der Waals surface area contributed by atoms with Gasteiger partial charge in [-0.25, -0.2) is 20.8 Å². The van der Waals surface area contributed by atoms with E-state index in [0.717, 1.165) is 5.69 Å². The summed E-state index contributed by atoms with van der Waals surface area (Å²) in [6.45, 7) is 1.83. The van der Waals surface area contributed by atoms with Crippen molar-refractivity contribution in [3.05, 3.63) is 34.1 Å². The van der Waals surface area contributed by atoms with Gasteiger partial charge in [0, 0.05) is 18.0 Å². The molecular weight excluding hydrogens is 261 g/mol. The number of nitrogens with one attached hydrogen (secondary N) is 1. The monoisotopic (exact) mass is 269 g/mol. The molecule has 0 fully saturated rings. The maximum absolute atomic E-state index is 6.03. The van der Waals surface area contributed by atoms with Crippen LogP contribution in [0.2, 0.25) is 10.0 Å². The van der Waals surface area contributed by atoms with Crippen molar-refractivity contribution in [1.82, 2.24) is 15.0 Å². The van der Waals surface area contributed by atoms with Crippen molar-refractivity contribution >= 4 is 29.0 Å². The predicted octanol–water partition coefficient (Wildman–Crippen LogP) is 2.44. The molecule has 0 saturated carbocycles. The summed E-state index contributed by atoms with van der Waals surface area (Å²) in [7, 11) is 0. The van der Waals surface area contributed by atoms with Gasteiger partial charge in [0.2, 0.25) is 0 Å². The standard InChI is InChI=1S/C10H9Cl2N5/c1-5-2-8(17-13)16-10(15-5)9-7(12)3-6(11)4-14-9/h2-4H,13H2,1H3,(H,15,16,17). The first-order valence-corrected chi connectivity index (χ1v) is 5.49. The van der Waals surface area contributed by atoms with Crippen LogP contribution in [-0.2, 0) is 0 Å². The van der Waals surface area contributed by atoms with Gasteiger partial charge in [0.15, 0.2) is 5.82 Å². The molecule has 0 unspecified atom stereocenters. The van der Waals surface area contributed by atoms with Crippen LogP contribution in [0.5, 0.6) is 0 Å². The van der Waals surface area contributed by atoms with Crippen LogP contribution in [0.1, 0.15) is 5.69 Å². The van der Waals surface area contributed by atoms with Gasteiger partial charge < -0.3 is 5.43 Å². The van der Waals surface area contributed by atoms with Crippen LogP contribution in [0.15, 0.2) is 18.3 Å². The summed E-state index contributed by atoms with van der Waals surface area (Å²) in [5, 5.41) is 0.856. The first-order chi connectivity index (χ1) is 8.10. The SMILES string of the molecule is Cc1cc(NN)nc(-c2ncc(Cl)cc2Cl)n1. The van der Waals surface area contributed by atoms with Crippen molar-refractivity contribution in [2.45, 2.75) is 6.92 Å². The van der Waals surface area contributed by atoms with E-state index in [-0.39, 0.29) is 0 Å². The highest BCUT2D eigenvalue weighted by Gasteiger charge is 2.10. The lowest BCUT2D eigenvalue weighted by Gasteiger charge is -2.06. The first-order valence-electron chi connectivity index (χ1n) is 4.74. The normalized spacial score (nSPS) is 10.4. The molecule has 0 aliphatic heterocycles. The molecule has 0 bridgehead atoms. The lowest BCUT2D eigenvalue weighted by atomic mass is 10.3. The second-order valence-corrected chi connectivity index (χ2v) is 4.19. The number of pyridine rings is 1. The zero-order valence-electron chi connectivity index (χ0n) is 8.91. The van der Waals surface area contributed by atoms with E-state index in [2.05, 4.69) is 20.4 Å². The number of nitrogens with two attached hydrogens (primary N) is 1. The Morgan fingerprint density at radius 2 is 2.00 bits per heavy atom. The molecule has 5 nitrogen and oxygen atoms in total. The van der Waals surface area contributed by atoms with Gasteiger partial charge in [-0.05, 0) is 13.0 Å². The van der Waals surface area contributed by atoms with Gasteiger partial charge in [-0.2, -0.15) is 0 Å². The number of rotatable bonds is 2. The van der Waals surface area contributed by atoms with Crippen LogP contribution in [0.4, 0.5) is 5.82 Å². The fourth-order valence-electron chi connectivity index (χ4n) is 1.33. The Morgan fingerprint density at radius 1 is 1.24 bits per heavy atom. The summed E-state index contributed by atoms with van der Waals surface area (Å²) < 4.78 is 0. The van der Waals surface area contributed by atoms with Crippen molar-refractivity contribution in [1.29, 1.82) is 0 Å². The predicted molar refractivity (Wildman–Crippen MR) is 67.8 cm³/mol. The Balaban J connectivity index is 2.55. The van der Waals surface area contributed by atoms with E-state index in [1.165, 1.54) is 6.20 Å². The summed E-state index contributed by atoms with van der Waals surface area (Å²) in [6, 6.07) is 3.31. The Kier molecular flexibility index (Phi) is 3.42. The summed E-state index contributed by atoms with van der Waals surface area (Å²) in [5.74, 6) is 6.22. The fourth-order valence-corrected chi connectivity index (χ4v) is 1.79. The minimum absolute atomic E-state index is 0.395. The van der Waals surface area contributed by atoms with Gasteiger partial charge >= 0.3 is 0 Å². The number of hydrazine groups is 1. The number of nitrogen functional groups attached to an aromatic ring is 1. The highest BCUT2D eigenvalue weighted by atomic mass is 35.5. The van der Waals surface area contributed by atoms with E-state index in [9.17, 15) is 0 Å². The Labute approximate surface area is 108 Å². The molecule has 2 heterocycles. The molecular formula is C10H9Cl2N5. The summed E-state index contributed by atoms with van der Waals surface area (Å²) in [6.07, 6.45) is 1.49. The molecule has 0 amide bonds. The van der Waals surface area contributed by atoms with Gasteiger partial charge in [-0.15, -0.1) is 0 Å². The molecule has 88 valence electrons. The number of aryl methyl sites for hydroxylation is 1. The number of anilines is 1. The largest absolute Gasteiger partial charge is 0.308 e. The third kappa shape index (κ3) is 2.63. The van der Waals surface area contributed by atoms with Crippen molar-refractivity contribution in [2.24, 2.45) is 5.84 Å². The molecule has 0 radical (unpaired) electrons. The molecule has 2 aromatic heterocycles. The number of hydrogen-bond acceptors (Lipinski definition) is 5. The van der Waals surface area contributed by atoms with E-state index in [1.54, 1.807) is 12.1 Å². The number of hydrogen-bond donors (Lipinski definition) is 2.